The molecular weight excluding hydrogens is 388 g/mol. The maximum Gasteiger partial charge on any atom is 0.322 e. The first kappa shape index (κ1) is 19.7. The largest absolute Gasteiger partial charge is 0.389 e. The fourth-order valence-electron chi connectivity index (χ4n) is 4.59. The van der Waals surface area contributed by atoms with Crippen LogP contribution < -0.4 is 5.32 Å². The summed E-state index contributed by atoms with van der Waals surface area (Å²) in [6.07, 6.45) is 1.82. The van der Waals surface area contributed by atoms with Crippen LogP contribution in [-0.2, 0) is 6.42 Å². The van der Waals surface area contributed by atoms with Gasteiger partial charge < -0.3 is 15.3 Å². The minimum atomic E-state index is -1.22. The molecule has 8 heteroatoms. The van der Waals surface area contributed by atoms with Crippen LogP contribution in [0.2, 0.25) is 0 Å². The quantitative estimate of drug-likeness (QED) is 0.741. The van der Waals surface area contributed by atoms with Gasteiger partial charge in [-0.1, -0.05) is 6.07 Å². The van der Waals surface area contributed by atoms with Gasteiger partial charge in [0, 0.05) is 30.6 Å². The molecule has 2 amide bonds. The van der Waals surface area contributed by atoms with Gasteiger partial charge >= 0.3 is 6.03 Å². The van der Waals surface area contributed by atoms with Crippen LogP contribution in [0.1, 0.15) is 31.2 Å². The van der Waals surface area contributed by atoms with Crippen LogP contribution >= 0.6 is 0 Å². The Bertz CT molecular complexity index is 938. The lowest BCUT2D eigenvalue weighted by molar-refractivity contribution is -0.0372. The Morgan fingerprint density at radius 2 is 1.59 bits per heavy atom. The molecule has 2 heterocycles. The number of hydrogen-bond donors (Lipinski definition) is 2. The number of benzene rings is 2. The summed E-state index contributed by atoms with van der Waals surface area (Å²) in [5, 5.41) is 13.5. The molecule has 4 nitrogen and oxygen atoms in total. The SMILES string of the molecule is O=C(Nc1ccc(F)cc1F)N1C2CCC1CC(O)(Cc1ccc(F)cc1F)C2. The third-order valence-corrected chi connectivity index (χ3v) is 5.79. The molecule has 2 bridgehead atoms. The summed E-state index contributed by atoms with van der Waals surface area (Å²) < 4.78 is 54.0. The number of urea groups is 1. The van der Waals surface area contributed by atoms with E-state index in [1.54, 1.807) is 4.90 Å². The van der Waals surface area contributed by atoms with Gasteiger partial charge in [-0.05, 0) is 49.4 Å². The van der Waals surface area contributed by atoms with Crippen LogP contribution in [0.25, 0.3) is 0 Å². The van der Waals surface area contributed by atoms with Gasteiger partial charge in [0.05, 0.1) is 11.3 Å². The smallest absolute Gasteiger partial charge is 0.322 e. The van der Waals surface area contributed by atoms with Crippen molar-refractivity contribution in [3.05, 3.63) is 65.2 Å². The third kappa shape index (κ3) is 3.94. The third-order valence-electron chi connectivity index (χ3n) is 5.79. The average Bonchev–Trinajstić information content (AvgIpc) is 2.92. The van der Waals surface area contributed by atoms with Crippen LogP contribution in [-0.4, -0.2) is 33.7 Å². The van der Waals surface area contributed by atoms with E-state index >= 15 is 0 Å². The standard InChI is InChI=1S/C21H20F4N2O2/c22-13-2-1-12(17(24)7-13)9-21(29)10-15-4-5-16(11-21)27(15)20(28)26-19-6-3-14(23)8-18(19)25/h1-3,6-8,15-16,29H,4-5,9-11H2,(H,26,28). The Balaban J connectivity index is 1.47. The van der Waals surface area contributed by atoms with Crippen molar-refractivity contribution in [2.75, 3.05) is 5.32 Å². The summed E-state index contributed by atoms with van der Waals surface area (Å²) in [5.41, 5.74) is -1.12. The summed E-state index contributed by atoms with van der Waals surface area (Å²) in [7, 11) is 0. The van der Waals surface area contributed by atoms with E-state index in [0.29, 0.717) is 18.9 Å². The predicted molar refractivity (Wildman–Crippen MR) is 98.3 cm³/mol. The van der Waals surface area contributed by atoms with Crippen molar-refractivity contribution in [1.29, 1.82) is 0 Å². The molecule has 2 atom stereocenters. The number of piperidine rings is 1. The van der Waals surface area contributed by atoms with Gasteiger partial charge in [0.1, 0.15) is 23.3 Å². The van der Waals surface area contributed by atoms with Crippen molar-refractivity contribution in [3.8, 4) is 0 Å². The van der Waals surface area contributed by atoms with Gasteiger partial charge in [-0.3, -0.25) is 0 Å². The molecule has 0 aliphatic carbocycles. The van der Waals surface area contributed by atoms with Crippen molar-refractivity contribution < 1.29 is 27.5 Å². The second-order valence-corrected chi connectivity index (χ2v) is 7.89. The van der Waals surface area contributed by atoms with Crippen molar-refractivity contribution >= 4 is 11.7 Å². The zero-order valence-electron chi connectivity index (χ0n) is 15.5. The number of carbonyl (C=O) groups is 1. The van der Waals surface area contributed by atoms with Crippen LogP contribution in [0.5, 0.6) is 0 Å². The van der Waals surface area contributed by atoms with E-state index in [9.17, 15) is 27.5 Å². The van der Waals surface area contributed by atoms with Gasteiger partial charge in [-0.2, -0.15) is 0 Å². The number of aliphatic hydroxyl groups is 1. The summed E-state index contributed by atoms with van der Waals surface area (Å²) in [6.45, 7) is 0. The number of halogens is 4. The fourth-order valence-corrected chi connectivity index (χ4v) is 4.59. The normalized spacial score (nSPS) is 25.9. The van der Waals surface area contributed by atoms with Gasteiger partial charge in [0.15, 0.2) is 0 Å². The number of hydrogen-bond acceptors (Lipinski definition) is 2. The molecule has 154 valence electrons. The van der Waals surface area contributed by atoms with Gasteiger partial charge in [-0.25, -0.2) is 22.4 Å². The van der Waals surface area contributed by atoms with E-state index in [1.807, 2.05) is 0 Å². The molecule has 2 N–H and O–H groups in total. The average molecular weight is 408 g/mol. The summed E-state index contributed by atoms with van der Waals surface area (Å²) in [4.78, 5) is 14.3. The highest BCUT2D eigenvalue weighted by Crippen LogP contribution is 2.42. The number of nitrogens with zero attached hydrogens (tertiary/aromatic N) is 1. The molecule has 4 rings (SSSR count). The van der Waals surface area contributed by atoms with E-state index in [-0.39, 0.29) is 42.6 Å². The summed E-state index contributed by atoms with van der Waals surface area (Å²) in [5.74, 6) is -3.00. The molecular formula is C21H20F4N2O2. The first-order valence-electron chi connectivity index (χ1n) is 9.45. The lowest BCUT2D eigenvalue weighted by Gasteiger charge is -2.43. The van der Waals surface area contributed by atoms with Crippen LogP contribution in [0.4, 0.5) is 28.0 Å². The zero-order valence-corrected chi connectivity index (χ0v) is 15.5. The van der Waals surface area contributed by atoms with E-state index < -0.39 is 34.9 Å². The van der Waals surface area contributed by atoms with Gasteiger partial charge in [0.2, 0.25) is 0 Å². The van der Waals surface area contributed by atoms with Crippen molar-refractivity contribution in [1.82, 2.24) is 4.90 Å². The maximum absolute atomic E-state index is 14.0. The van der Waals surface area contributed by atoms with Gasteiger partial charge in [0.25, 0.3) is 0 Å². The van der Waals surface area contributed by atoms with E-state index in [1.165, 1.54) is 6.07 Å². The fraction of sp³-hybridized carbons (Fsp3) is 0.381. The number of fused-ring (bicyclic) bond motifs is 2. The molecule has 2 aliphatic heterocycles. The molecule has 0 spiro atoms. The lowest BCUT2D eigenvalue weighted by atomic mass is 9.81. The van der Waals surface area contributed by atoms with Crippen LogP contribution in [0.15, 0.2) is 36.4 Å². The number of carbonyl (C=O) groups excluding carboxylic acids is 1. The first-order chi connectivity index (χ1) is 13.7. The molecule has 2 saturated heterocycles. The number of rotatable bonds is 3. The molecule has 2 unspecified atom stereocenters. The van der Waals surface area contributed by atoms with E-state index in [2.05, 4.69) is 5.32 Å². The Kier molecular flexibility index (Phi) is 4.98. The Labute approximate surface area is 165 Å². The molecule has 2 aromatic carbocycles. The van der Waals surface area contributed by atoms with E-state index in [0.717, 1.165) is 24.3 Å². The highest BCUT2D eigenvalue weighted by molar-refractivity contribution is 5.90. The van der Waals surface area contributed by atoms with Crippen molar-refractivity contribution in [2.45, 2.75) is 49.8 Å². The van der Waals surface area contributed by atoms with Crippen molar-refractivity contribution in [3.63, 3.8) is 0 Å². The molecule has 2 aromatic rings. The second kappa shape index (κ2) is 7.33. The Morgan fingerprint density at radius 1 is 1.00 bits per heavy atom. The highest BCUT2D eigenvalue weighted by Gasteiger charge is 2.49. The molecule has 0 radical (unpaired) electrons. The monoisotopic (exact) mass is 408 g/mol. The van der Waals surface area contributed by atoms with E-state index in [4.69, 9.17) is 0 Å². The number of anilines is 1. The predicted octanol–water partition coefficient (Wildman–Crippen LogP) is 4.38. The van der Waals surface area contributed by atoms with Crippen LogP contribution in [0, 0.1) is 23.3 Å². The molecule has 29 heavy (non-hydrogen) atoms. The minimum Gasteiger partial charge on any atom is -0.389 e. The molecule has 0 saturated carbocycles. The minimum absolute atomic E-state index is 0.0220. The first-order valence-corrected chi connectivity index (χ1v) is 9.45. The summed E-state index contributed by atoms with van der Waals surface area (Å²) >= 11 is 0. The number of amides is 2. The second-order valence-electron chi connectivity index (χ2n) is 7.89. The maximum atomic E-state index is 14.0. The number of nitrogens with one attached hydrogen (secondary N) is 1. The topological polar surface area (TPSA) is 52.6 Å². The van der Waals surface area contributed by atoms with Crippen LogP contribution in [0.3, 0.4) is 0 Å². The summed E-state index contributed by atoms with van der Waals surface area (Å²) in [6, 6.07) is 5.07. The molecule has 0 aromatic heterocycles. The molecule has 2 aliphatic rings. The Hall–Kier alpha value is -2.61. The highest BCUT2D eigenvalue weighted by atomic mass is 19.1. The lowest BCUT2D eigenvalue weighted by Crippen LogP contribution is -2.55. The Morgan fingerprint density at radius 3 is 2.17 bits per heavy atom. The van der Waals surface area contributed by atoms with Gasteiger partial charge in [-0.15, -0.1) is 0 Å². The van der Waals surface area contributed by atoms with Crippen molar-refractivity contribution in [2.24, 2.45) is 0 Å². The molecule has 2 fully saturated rings. The zero-order chi connectivity index (χ0) is 20.8.